The molecule has 1 aliphatic carbocycles. The van der Waals surface area contributed by atoms with E-state index in [0.29, 0.717) is 23.1 Å². The topological polar surface area (TPSA) is 30.0 Å². The molecule has 1 saturated carbocycles. The molecule has 2 rings (SSSR count). The molecule has 0 bridgehead atoms. The summed E-state index contributed by atoms with van der Waals surface area (Å²) in [5, 5.41) is 0.620. The number of ketones is 1. The first-order chi connectivity index (χ1) is 8.38. The SMILES string of the molecule is CC(C)(C)C1CCC(=O)[C@@H](c2ccc(Cl)cn2)C1. The molecule has 0 radical (unpaired) electrons. The van der Waals surface area contributed by atoms with Crippen LogP contribution in [-0.2, 0) is 4.79 Å². The molecule has 18 heavy (non-hydrogen) atoms. The Morgan fingerprint density at radius 3 is 2.61 bits per heavy atom. The van der Waals surface area contributed by atoms with Crippen LogP contribution in [0.25, 0.3) is 0 Å². The Hall–Kier alpha value is -0.890. The number of rotatable bonds is 1. The fraction of sp³-hybridized carbons (Fsp3) is 0.600. The number of carbonyl (C=O) groups is 1. The van der Waals surface area contributed by atoms with Crippen molar-refractivity contribution >= 4 is 17.4 Å². The van der Waals surface area contributed by atoms with Crippen LogP contribution in [0.1, 0.15) is 51.6 Å². The van der Waals surface area contributed by atoms with E-state index in [0.717, 1.165) is 18.5 Å². The van der Waals surface area contributed by atoms with Crippen LogP contribution in [0.3, 0.4) is 0 Å². The van der Waals surface area contributed by atoms with E-state index >= 15 is 0 Å². The molecule has 1 fully saturated rings. The predicted molar refractivity (Wildman–Crippen MR) is 73.8 cm³/mol. The lowest BCUT2D eigenvalue weighted by molar-refractivity contribution is -0.123. The third-order valence-corrected chi connectivity index (χ3v) is 4.20. The summed E-state index contributed by atoms with van der Waals surface area (Å²) >= 11 is 5.84. The van der Waals surface area contributed by atoms with Crippen molar-refractivity contribution < 1.29 is 4.79 Å². The third kappa shape index (κ3) is 2.92. The highest BCUT2D eigenvalue weighted by Gasteiger charge is 2.36. The standard InChI is InChI=1S/C15H20ClNO/c1-15(2,3)10-4-7-14(18)12(8-10)13-6-5-11(16)9-17-13/h5-6,9-10,12H,4,7-8H2,1-3H3/t10?,12-/m1/s1. The molecule has 1 aromatic rings. The molecule has 2 nitrogen and oxygen atoms in total. The molecule has 0 spiro atoms. The Morgan fingerprint density at radius 2 is 2.06 bits per heavy atom. The normalized spacial score (nSPS) is 25.2. The molecule has 0 aromatic carbocycles. The van der Waals surface area contributed by atoms with E-state index in [1.807, 2.05) is 12.1 Å². The Morgan fingerprint density at radius 1 is 1.33 bits per heavy atom. The minimum absolute atomic E-state index is 0.0414. The zero-order chi connectivity index (χ0) is 13.3. The van der Waals surface area contributed by atoms with Gasteiger partial charge in [0.05, 0.1) is 16.6 Å². The van der Waals surface area contributed by atoms with Gasteiger partial charge in [0.1, 0.15) is 5.78 Å². The highest BCUT2D eigenvalue weighted by atomic mass is 35.5. The van der Waals surface area contributed by atoms with E-state index in [-0.39, 0.29) is 11.3 Å². The monoisotopic (exact) mass is 265 g/mol. The molecule has 1 unspecified atom stereocenters. The largest absolute Gasteiger partial charge is 0.299 e. The molecule has 1 aliphatic rings. The summed E-state index contributed by atoms with van der Waals surface area (Å²) in [6, 6.07) is 3.70. The maximum Gasteiger partial charge on any atom is 0.141 e. The zero-order valence-electron chi connectivity index (χ0n) is 11.2. The van der Waals surface area contributed by atoms with E-state index in [4.69, 9.17) is 11.6 Å². The van der Waals surface area contributed by atoms with Crippen LogP contribution >= 0.6 is 11.6 Å². The fourth-order valence-electron chi connectivity index (χ4n) is 2.69. The van der Waals surface area contributed by atoms with Crippen LogP contribution in [-0.4, -0.2) is 10.8 Å². The molecule has 1 heterocycles. The molecule has 0 aliphatic heterocycles. The molecule has 2 atom stereocenters. The summed E-state index contributed by atoms with van der Waals surface area (Å²) in [5.41, 5.74) is 1.13. The number of hydrogen-bond donors (Lipinski definition) is 0. The summed E-state index contributed by atoms with van der Waals surface area (Å²) < 4.78 is 0. The maximum absolute atomic E-state index is 12.1. The maximum atomic E-state index is 12.1. The number of carbonyl (C=O) groups excluding carboxylic acids is 1. The number of nitrogens with zero attached hydrogens (tertiary/aromatic N) is 1. The lowest BCUT2D eigenvalue weighted by atomic mass is 9.68. The highest BCUT2D eigenvalue weighted by Crippen LogP contribution is 2.42. The first kappa shape index (κ1) is 13.5. The fourth-order valence-corrected chi connectivity index (χ4v) is 2.80. The number of Topliss-reactive ketones (excluding diaryl/α,β-unsaturated/α-hetero) is 1. The summed E-state index contributed by atoms with van der Waals surface area (Å²) in [5.74, 6) is 0.864. The van der Waals surface area contributed by atoms with Gasteiger partial charge in [0.15, 0.2) is 0 Å². The van der Waals surface area contributed by atoms with Gasteiger partial charge < -0.3 is 0 Å². The summed E-state index contributed by atoms with van der Waals surface area (Å²) in [6.45, 7) is 6.75. The van der Waals surface area contributed by atoms with Gasteiger partial charge in [-0.2, -0.15) is 0 Å². The smallest absolute Gasteiger partial charge is 0.141 e. The zero-order valence-corrected chi connectivity index (χ0v) is 12.0. The van der Waals surface area contributed by atoms with Crippen molar-refractivity contribution in [2.75, 3.05) is 0 Å². The van der Waals surface area contributed by atoms with Gasteiger partial charge in [0.25, 0.3) is 0 Å². The number of pyridine rings is 1. The van der Waals surface area contributed by atoms with Gasteiger partial charge in [-0.3, -0.25) is 9.78 Å². The van der Waals surface area contributed by atoms with E-state index in [9.17, 15) is 4.79 Å². The molecular weight excluding hydrogens is 246 g/mol. The second-order valence-corrected chi connectivity index (χ2v) is 6.69. The average molecular weight is 266 g/mol. The minimum Gasteiger partial charge on any atom is -0.299 e. The van der Waals surface area contributed by atoms with Crippen molar-refractivity contribution in [1.29, 1.82) is 0 Å². The lowest BCUT2D eigenvalue weighted by Gasteiger charge is -2.36. The Kier molecular flexibility index (Phi) is 3.76. The molecule has 3 heteroatoms. The van der Waals surface area contributed by atoms with Gasteiger partial charge in [-0.05, 0) is 36.3 Å². The van der Waals surface area contributed by atoms with Crippen molar-refractivity contribution in [2.45, 2.75) is 46.0 Å². The Balaban J connectivity index is 2.20. The second kappa shape index (κ2) is 5.00. The summed E-state index contributed by atoms with van der Waals surface area (Å²) in [7, 11) is 0. The number of aromatic nitrogens is 1. The minimum atomic E-state index is -0.0414. The van der Waals surface area contributed by atoms with Gasteiger partial charge in [0, 0.05) is 12.6 Å². The summed E-state index contributed by atoms with van der Waals surface area (Å²) in [4.78, 5) is 16.4. The first-order valence-electron chi connectivity index (χ1n) is 6.52. The molecule has 0 saturated heterocycles. The quantitative estimate of drug-likeness (QED) is 0.760. The van der Waals surface area contributed by atoms with Crippen molar-refractivity contribution in [2.24, 2.45) is 11.3 Å². The molecule has 98 valence electrons. The Bertz CT molecular complexity index is 433. The van der Waals surface area contributed by atoms with Crippen LogP contribution in [0.2, 0.25) is 5.02 Å². The van der Waals surface area contributed by atoms with Gasteiger partial charge in [0.2, 0.25) is 0 Å². The van der Waals surface area contributed by atoms with Crippen LogP contribution in [0.4, 0.5) is 0 Å². The lowest BCUT2D eigenvalue weighted by Crippen LogP contribution is -2.31. The summed E-state index contributed by atoms with van der Waals surface area (Å²) in [6.07, 6.45) is 4.23. The predicted octanol–water partition coefficient (Wildman–Crippen LogP) is 4.23. The van der Waals surface area contributed by atoms with E-state index in [1.54, 1.807) is 6.20 Å². The number of halogens is 1. The van der Waals surface area contributed by atoms with E-state index in [2.05, 4.69) is 25.8 Å². The van der Waals surface area contributed by atoms with Crippen LogP contribution < -0.4 is 0 Å². The van der Waals surface area contributed by atoms with Crippen LogP contribution in [0.15, 0.2) is 18.3 Å². The van der Waals surface area contributed by atoms with Crippen molar-refractivity contribution in [1.82, 2.24) is 4.98 Å². The van der Waals surface area contributed by atoms with E-state index in [1.165, 1.54) is 0 Å². The molecule has 1 aromatic heterocycles. The second-order valence-electron chi connectivity index (χ2n) is 6.26. The average Bonchev–Trinajstić information content (AvgIpc) is 2.29. The molecule has 0 amide bonds. The molecular formula is C15H20ClNO. The third-order valence-electron chi connectivity index (χ3n) is 3.98. The van der Waals surface area contributed by atoms with Crippen LogP contribution in [0.5, 0.6) is 0 Å². The van der Waals surface area contributed by atoms with Gasteiger partial charge in [-0.15, -0.1) is 0 Å². The Labute approximate surface area is 114 Å². The number of hydrogen-bond acceptors (Lipinski definition) is 2. The molecule has 0 N–H and O–H groups in total. The highest BCUT2D eigenvalue weighted by molar-refractivity contribution is 6.30. The first-order valence-corrected chi connectivity index (χ1v) is 6.90. The van der Waals surface area contributed by atoms with Crippen molar-refractivity contribution in [3.63, 3.8) is 0 Å². The van der Waals surface area contributed by atoms with E-state index < -0.39 is 0 Å². The van der Waals surface area contributed by atoms with Gasteiger partial charge >= 0.3 is 0 Å². The van der Waals surface area contributed by atoms with Crippen LogP contribution in [0, 0.1) is 11.3 Å². The van der Waals surface area contributed by atoms with Crippen molar-refractivity contribution in [3.05, 3.63) is 29.0 Å². The van der Waals surface area contributed by atoms with Gasteiger partial charge in [-0.1, -0.05) is 32.4 Å². The van der Waals surface area contributed by atoms with Gasteiger partial charge in [-0.25, -0.2) is 0 Å². The van der Waals surface area contributed by atoms with Crippen molar-refractivity contribution in [3.8, 4) is 0 Å².